The number of carboxylic acids is 1. The molecule has 1 aromatic carbocycles. The highest BCUT2D eigenvalue weighted by molar-refractivity contribution is 5.97. The molecule has 6 nitrogen and oxygen atoms in total. The summed E-state index contributed by atoms with van der Waals surface area (Å²) in [6.07, 6.45) is 3.18. The summed E-state index contributed by atoms with van der Waals surface area (Å²) in [6, 6.07) is 4.29. The van der Waals surface area contributed by atoms with Gasteiger partial charge in [0.25, 0.3) is 5.91 Å². The second-order valence-electron chi connectivity index (χ2n) is 5.79. The molecule has 0 aromatic heterocycles. The molecule has 2 rings (SSSR count). The van der Waals surface area contributed by atoms with E-state index in [2.05, 4.69) is 6.92 Å². The van der Waals surface area contributed by atoms with Crippen molar-refractivity contribution in [3.63, 3.8) is 0 Å². The molecule has 0 bridgehead atoms. The lowest BCUT2D eigenvalue weighted by Crippen LogP contribution is -2.40. The van der Waals surface area contributed by atoms with Gasteiger partial charge in [-0.05, 0) is 44.4 Å². The van der Waals surface area contributed by atoms with Gasteiger partial charge in [-0.3, -0.25) is 4.79 Å². The van der Waals surface area contributed by atoms with E-state index in [0.717, 1.165) is 12.8 Å². The Morgan fingerprint density at radius 2 is 2.04 bits per heavy atom. The van der Waals surface area contributed by atoms with Crippen LogP contribution in [0.4, 0.5) is 0 Å². The van der Waals surface area contributed by atoms with Crippen LogP contribution in [0.5, 0.6) is 11.5 Å². The Morgan fingerprint density at radius 1 is 1.25 bits per heavy atom. The minimum absolute atomic E-state index is 0.277. The molecule has 1 N–H and O–H groups in total. The average Bonchev–Trinajstić information content (AvgIpc) is 3.06. The van der Waals surface area contributed by atoms with Gasteiger partial charge in [0.2, 0.25) is 0 Å². The predicted octanol–water partition coefficient (Wildman–Crippen LogP) is 2.95. The SMILES string of the molecule is CCCCOc1ccc(C(=O)N2CCCC2C(=O)O)cc1OCC. The predicted molar refractivity (Wildman–Crippen MR) is 89.7 cm³/mol. The summed E-state index contributed by atoms with van der Waals surface area (Å²) >= 11 is 0. The Morgan fingerprint density at radius 3 is 2.71 bits per heavy atom. The van der Waals surface area contributed by atoms with Crippen molar-refractivity contribution in [3.05, 3.63) is 23.8 Å². The van der Waals surface area contributed by atoms with Crippen molar-refractivity contribution in [2.45, 2.75) is 45.6 Å². The van der Waals surface area contributed by atoms with E-state index in [1.165, 1.54) is 4.90 Å². The van der Waals surface area contributed by atoms with Gasteiger partial charge >= 0.3 is 5.97 Å². The smallest absolute Gasteiger partial charge is 0.326 e. The molecule has 1 aromatic rings. The molecule has 1 heterocycles. The van der Waals surface area contributed by atoms with Crippen LogP contribution in [0.3, 0.4) is 0 Å². The minimum atomic E-state index is -0.953. The zero-order valence-electron chi connectivity index (χ0n) is 14.3. The van der Waals surface area contributed by atoms with Gasteiger partial charge in [-0.25, -0.2) is 4.79 Å². The molecule has 132 valence electrons. The van der Waals surface area contributed by atoms with Crippen molar-refractivity contribution in [3.8, 4) is 11.5 Å². The lowest BCUT2D eigenvalue weighted by molar-refractivity contribution is -0.141. The number of carboxylic acid groups (broad SMARTS) is 1. The van der Waals surface area contributed by atoms with Crippen LogP contribution < -0.4 is 9.47 Å². The number of amides is 1. The highest BCUT2D eigenvalue weighted by atomic mass is 16.5. The first kappa shape index (κ1) is 18.1. The van der Waals surface area contributed by atoms with Crippen LogP contribution in [-0.4, -0.2) is 47.7 Å². The fourth-order valence-electron chi connectivity index (χ4n) is 2.79. The number of aliphatic carboxylic acids is 1. The molecule has 1 aliphatic rings. The van der Waals surface area contributed by atoms with Crippen molar-refractivity contribution >= 4 is 11.9 Å². The molecular formula is C18H25NO5. The largest absolute Gasteiger partial charge is 0.490 e. The number of carbonyl (C=O) groups excluding carboxylic acids is 1. The van der Waals surface area contributed by atoms with Crippen LogP contribution in [0.1, 0.15) is 49.9 Å². The molecule has 1 unspecified atom stereocenters. The fourth-order valence-corrected chi connectivity index (χ4v) is 2.79. The van der Waals surface area contributed by atoms with Gasteiger partial charge in [0, 0.05) is 12.1 Å². The first-order chi connectivity index (χ1) is 11.6. The van der Waals surface area contributed by atoms with Gasteiger partial charge in [-0.15, -0.1) is 0 Å². The number of hydrogen-bond acceptors (Lipinski definition) is 4. The van der Waals surface area contributed by atoms with Gasteiger partial charge in [0.15, 0.2) is 11.5 Å². The van der Waals surface area contributed by atoms with Crippen LogP contribution in [0.25, 0.3) is 0 Å². The maximum Gasteiger partial charge on any atom is 0.326 e. The van der Waals surface area contributed by atoms with Gasteiger partial charge in [0.05, 0.1) is 13.2 Å². The molecule has 1 aliphatic heterocycles. The molecule has 1 saturated heterocycles. The van der Waals surface area contributed by atoms with Crippen molar-refractivity contribution in [1.29, 1.82) is 0 Å². The maximum absolute atomic E-state index is 12.7. The summed E-state index contributed by atoms with van der Waals surface area (Å²) in [4.78, 5) is 25.4. The average molecular weight is 335 g/mol. The van der Waals surface area contributed by atoms with Crippen LogP contribution in [0.2, 0.25) is 0 Å². The second kappa shape index (κ2) is 8.57. The standard InChI is InChI=1S/C18H25NO5/c1-3-5-11-24-15-9-8-13(12-16(15)23-4-2)17(20)19-10-6-7-14(19)18(21)22/h8-9,12,14H,3-7,10-11H2,1-2H3,(H,21,22). The Balaban J connectivity index is 2.19. The van der Waals surface area contributed by atoms with Crippen molar-refractivity contribution < 1.29 is 24.2 Å². The number of carbonyl (C=O) groups is 2. The molecule has 0 aliphatic carbocycles. The molecule has 6 heteroatoms. The summed E-state index contributed by atoms with van der Waals surface area (Å²) in [5.41, 5.74) is 0.425. The molecule has 1 amide bonds. The molecule has 0 spiro atoms. The van der Waals surface area contributed by atoms with E-state index in [-0.39, 0.29) is 5.91 Å². The van der Waals surface area contributed by atoms with Crippen LogP contribution in [0.15, 0.2) is 18.2 Å². The zero-order chi connectivity index (χ0) is 17.5. The van der Waals surface area contributed by atoms with Crippen LogP contribution in [0, 0.1) is 0 Å². The Kier molecular flexibility index (Phi) is 6.46. The van der Waals surface area contributed by atoms with Gasteiger partial charge < -0.3 is 19.5 Å². The normalized spacial score (nSPS) is 16.9. The first-order valence-electron chi connectivity index (χ1n) is 8.51. The van der Waals surface area contributed by atoms with Crippen molar-refractivity contribution in [1.82, 2.24) is 4.90 Å². The summed E-state index contributed by atoms with van der Waals surface area (Å²) < 4.78 is 11.3. The van der Waals surface area contributed by atoms with Gasteiger partial charge in [-0.1, -0.05) is 13.3 Å². The molecule has 1 atom stereocenters. The van der Waals surface area contributed by atoms with Gasteiger partial charge in [0.1, 0.15) is 6.04 Å². The van der Waals surface area contributed by atoms with E-state index >= 15 is 0 Å². The quantitative estimate of drug-likeness (QED) is 0.739. The van der Waals surface area contributed by atoms with Crippen molar-refractivity contribution in [2.75, 3.05) is 19.8 Å². The number of likely N-dealkylation sites (tertiary alicyclic amines) is 1. The van der Waals surface area contributed by atoms with Crippen LogP contribution in [-0.2, 0) is 4.79 Å². The lowest BCUT2D eigenvalue weighted by Gasteiger charge is -2.22. The number of ether oxygens (including phenoxy) is 2. The second-order valence-corrected chi connectivity index (χ2v) is 5.79. The number of benzene rings is 1. The van der Waals surface area contributed by atoms with E-state index in [9.17, 15) is 14.7 Å². The molecule has 24 heavy (non-hydrogen) atoms. The van der Waals surface area contributed by atoms with E-state index in [0.29, 0.717) is 49.7 Å². The zero-order valence-corrected chi connectivity index (χ0v) is 14.3. The highest BCUT2D eigenvalue weighted by Crippen LogP contribution is 2.30. The highest BCUT2D eigenvalue weighted by Gasteiger charge is 2.34. The van der Waals surface area contributed by atoms with Gasteiger partial charge in [-0.2, -0.15) is 0 Å². The summed E-state index contributed by atoms with van der Waals surface area (Å²) in [7, 11) is 0. The van der Waals surface area contributed by atoms with Crippen LogP contribution >= 0.6 is 0 Å². The fraction of sp³-hybridized carbons (Fsp3) is 0.556. The topological polar surface area (TPSA) is 76.1 Å². The monoisotopic (exact) mass is 335 g/mol. The lowest BCUT2D eigenvalue weighted by atomic mass is 10.1. The van der Waals surface area contributed by atoms with E-state index in [1.54, 1.807) is 18.2 Å². The van der Waals surface area contributed by atoms with E-state index in [4.69, 9.17) is 9.47 Å². The summed E-state index contributed by atoms with van der Waals surface area (Å²) in [6.45, 7) is 5.48. The molecule has 0 radical (unpaired) electrons. The molecular weight excluding hydrogens is 310 g/mol. The number of rotatable bonds is 8. The first-order valence-corrected chi connectivity index (χ1v) is 8.51. The Hall–Kier alpha value is -2.24. The summed E-state index contributed by atoms with van der Waals surface area (Å²) in [5.74, 6) is -0.102. The van der Waals surface area contributed by atoms with E-state index in [1.807, 2.05) is 6.92 Å². The Labute approximate surface area is 142 Å². The minimum Gasteiger partial charge on any atom is -0.490 e. The molecule has 1 fully saturated rings. The van der Waals surface area contributed by atoms with Crippen molar-refractivity contribution in [2.24, 2.45) is 0 Å². The third kappa shape index (κ3) is 4.19. The molecule has 0 saturated carbocycles. The Bertz CT molecular complexity index is 587. The number of hydrogen-bond donors (Lipinski definition) is 1. The maximum atomic E-state index is 12.7. The summed E-state index contributed by atoms with van der Waals surface area (Å²) in [5, 5.41) is 9.24. The third-order valence-corrected chi connectivity index (χ3v) is 4.04. The number of unbranched alkanes of at least 4 members (excludes halogenated alkanes) is 1. The van der Waals surface area contributed by atoms with E-state index < -0.39 is 12.0 Å². The number of nitrogens with zero attached hydrogens (tertiary/aromatic N) is 1. The third-order valence-electron chi connectivity index (χ3n) is 4.04.